The lowest BCUT2D eigenvalue weighted by atomic mass is 10.1. The summed E-state index contributed by atoms with van der Waals surface area (Å²) < 4.78 is 34.2. The van der Waals surface area contributed by atoms with Crippen LogP contribution in [-0.2, 0) is 10.1 Å². The van der Waals surface area contributed by atoms with E-state index in [1.165, 1.54) is 35.6 Å². The van der Waals surface area contributed by atoms with Crippen molar-refractivity contribution in [2.24, 2.45) is 0 Å². The number of nitrogens with one attached hydrogen (secondary N) is 1. The van der Waals surface area contributed by atoms with Crippen molar-refractivity contribution in [3.63, 3.8) is 0 Å². The summed E-state index contributed by atoms with van der Waals surface area (Å²) >= 11 is 1.52. The maximum Gasteiger partial charge on any atom is 0.294 e. The Hall–Kier alpha value is -3.93. The number of benzene rings is 2. The number of rotatable bonds is 5. The predicted octanol–water partition coefficient (Wildman–Crippen LogP) is 4.35. The van der Waals surface area contributed by atoms with Gasteiger partial charge in [0.1, 0.15) is 0 Å². The molecule has 2 N–H and O–H groups in total. The molecule has 34 heavy (non-hydrogen) atoms. The Morgan fingerprint density at radius 3 is 2.59 bits per heavy atom. The summed E-state index contributed by atoms with van der Waals surface area (Å²) in [6.45, 7) is 1.87. The van der Waals surface area contributed by atoms with Gasteiger partial charge in [-0.1, -0.05) is 12.1 Å². The van der Waals surface area contributed by atoms with Gasteiger partial charge in [0.15, 0.2) is 11.5 Å². The summed E-state index contributed by atoms with van der Waals surface area (Å²) in [7, 11) is -4.32. The van der Waals surface area contributed by atoms with Crippen molar-refractivity contribution >= 4 is 43.3 Å². The van der Waals surface area contributed by atoms with E-state index < -0.39 is 16.0 Å². The van der Waals surface area contributed by atoms with Crippen LogP contribution in [0.1, 0.15) is 16.2 Å². The minimum atomic E-state index is -4.32. The van der Waals surface area contributed by atoms with Gasteiger partial charge >= 0.3 is 0 Å². The first-order valence-electron chi connectivity index (χ1n) is 10.0. The lowest BCUT2D eigenvalue weighted by molar-refractivity contribution is 0.102. The average Bonchev–Trinajstić information content (AvgIpc) is 3.46. The largest absolute Gasteiger partial charge is 0.321 e. The van der Waals surface area contributed by atoms with E-state index in [4.69, 9.17) is 4.55 Å². The normalized spacial score (nSPS) is 11.6. The van der Waals surface area contributed by atoms with E-state index in [9.17, 15) is 13.2 Å². The zero-order valence-corrected chi connectivity index (χ0v) is 19.3. The second kappa shape index (κ2) is 8.45. The third kappa shape index (κ3) is 4.31. The fourth-order valence-electron chi connectivity index (χ4n) is 3.44. The van der Waals surface area contributed by atoms with Crippen LogP contribution in [0.25, 0.3) is 27.3 Å². The Labute approximate surface area is 198 Å². The lowest BCUT2D eigenvalue weighted by Crippen LogP contribution is -2.13. The van der Waals surface area contributed by atoms with Crippen LogP contribution in [0.4, 0.5) is 5.69 Å². The summed E-state index contributed by atoms with van der Waals surface area (Å²) in [5.41, 5.74) is 5.51. The first-order valence-corrected chi connectivity index (χ1v) is 12.4. The summed E-state index contributed by atoms with van der Waals surface area (Å²) in [4.78, 5) is 21.6. The number of carbonyl (C=O) groups excluding carboxylic acids is 1. The Balaban J connectivity index is 1.54. The van der Waals surface area contributed by atoms with Gasteiger partial charge in [-0.25, -0.2) is 14.6 Å². The van der Waals surface area contributed by atoms with Crippen LogP contribution >= 0.6 is 11.3 Å². The SMILES string of the molecule is Cc1cccc(-n2nc(C(=O)Nc3ccc(S(=O)(=O)O)cc3)cc2-c2ccc3ncsc3c2)n1. The van der Waals surface area contributed by atoms with Gasteiger partial charge in [0, 0.05) is 16.9 Å². The third-order valence-electron chi connectivity index (χ3n) is 5.07. The number of carbonyl (C=O) groups is 1. The maximum absolute atomic E-state index is 13.0. The van der Waals surface area contributed by atoms with E-state index in [2.05, 4.69) is 20.4 Å². The summed E-state index contributed by atoms with van der Waals surface area (Å²) in [6.07, 6.45) is 0. The molecule has 0 bridgehead atoms. The minimum absolute atomic E-state index is 0.154. The molecule has 0 saturated heterocycles. The van der Waals surface area contributed by atoms with E-state index in [1.807, 2.05) is 43.3 Å². The Kier molecular flexibility index (Phi) is 5.44. The summed E-state index contributed by atoms with van der Waals surface area (Å²) in [6, 6.07) is 18.2. The topological polar surface area (TPSA) is 127 Å². The summed E-state index contributed by atoms with van der Waals surface area (Å²) in [5, 5.41) is 7.21. The lowest BCUT2D eigenvalue weighted by Gasteiger charge is -2.07. The highest BCUT2D eigenvalue weighted by Crippen LogP contribution is 2.29. The second-order valence-electron chi connectivity index (χ2n) is 7.45. The number of hydrogen-bond acceptors (Lipinski definition) is 7. The molecule has 170 valence electrons. The van der Waals surface area contributed by atoms with Gasteiger partial charge in [-0.05, 0) is 61.5 Å². The van der Waals surface area contributed by atoms with Gasteiger partial charge in [-0.15, -0.1) is 11.3 Å². The number of aromatic nitrogens is 4. The Morgan fingerprint density at radius 1 is 1.06 bits per heavy atom. The molecule has 0 radical (unpaired) electrons. The smallest absolute Gasteiger partial charge is 0.294 e. The van der Waals surface area contributed by atoms with Gasteiger partial charge in [0.05, 0.1) is 26.3 Å². The molecule has 0 unspecified atom stereocenters. The number of aryl methyl sites for hydroxylation is 1. The zero-order chi connectivity index (χ0) is 23.9. The number of fused-ring (bicyclic) bond motifs is 1. The van der Waals surface area contributed by atoms with Crippen molar-refractivity contribution in [3.05, 3.63) is 83.6 Å². The summed E-state index contributed by atoms with van der Waals surface area (Å²) in [5.74, 6) is 0.0853. The number of thiazole rings is 1. The van der Waals surface area contributed by atoms with E-state index in [0.717, 1.165) is 21.5 Å². The van der Waals surface area contributed by atoms with E-state index in [-0.39, 0.29) is 10.6 Å². The molecule has 0 aliphatic carbocycles. The molecular formula is C23H17N5O4S2. The standard InChI is InChI=1S/C23H17N5O4S2/c1-14-3-2-4-22(25-14)28-20(15-5-10-18-21(11-15)33-13-24-18)12-19(27-28)23(29)26-16-6-8-17(9-7-16)34(30,31)32/h2-13H,1H3,(H,26,29)(H,30,31,32). The first-order chi connectivity index (χ1) is 16.3. The second-order valence-corrected chi connectivity index (χ2v) is 9.76. The molecule has 1 amide bonds. The van der Waals surface area contributed by atoms with Crippen LogP contribution < -0.4 is 5.32 Å². The molecule has 5 rings (SSSR count). The van der Waals surface area contributed by atoms with Gasteiger partial charge in [0.2, 0.25) is 0 Å². The molecule has 0 aliphatic heterocycles. The number of pyridine rings is 1. The zero-order valence-electron chi connectivity index (χ0n) is 17.7. The number of nitrogens with zero attached hydrogens (tertiary/aromatic N) is 4. The van der Waals surface area contributed by atoms with Gasteiger partial charge in [-0.3, -0.25) is 9.35 Å². The van der Waals surface area contributed by atoms with Crippen molar-refractivity contribution in [1.29, 1.82) is 0 Å². The molecular weight excluding hydrogens is 474 g/mol. The maximum atomic E-state index is 13.0. The van der Waals surface area contributed by atoms with Crippen molar-refractivity contribution in [2.75, 3.05) is 5.32 Å². The van der Waals surface area contributed by atoms with Crippen LogP contribution in [0.2, 0.25) is 0 Å². The fourth-order valence-corrected chi connectivity index (χ4v) is 4.64. The molecule has 2 aromatic carbocycles. The van der Waals surface area contributed by atoms with Crippen LogP contribution in [-0.4, -0.2) is 38.6 Å². The van der Waals surface area contributed by atoms with Crippen LogP contribution in [0.15, 0.2) is 77.1 Å². The predicted molar refractivity (Wildman–Crippen MR) is 129 cm³/mol. The van der Waals surface area contributed by atoms with E-state index >= 15 is 0 Å². The fraction of sp³-hybridized carbons (Fsp3) is 0.0435. The van der Waals surface area contributed by atoms with Crippen LogP contribution in [0.3, 0.4) is 0 Å². The van der Waals surface area contributed by atoms with Gasteiger partial charge in [-0.2, -0.15) is 13.5 Å². The van der Waals surface area contributed by atoms with Gasteiger partial charge < -0.3 is 5.32 Å². The van der Waals surface area contributed by atoms with Gasteiger partial charge in [0.25, 0.3) is 16.0 Å². The number of anilines is 1. The highest BCUT2D eigenvalue weighted by atomic mass is 32.2. The molecule has 9 nitrogen and oxygen atoms in total. The van der Waals surface area contributed by atoms with Crippen molar-refractivity contribution in [3.8, 4) is 17.1 Å². The Morgan fingerprint density at radius 2 is 1.85 bits per heavy atom. The van der Waals surface area contributed by atoms with Crippen molar-refractivity contribution in [2.45, 2.75) is 11.8 Å². The van der Waals surface area contributed by atoms with Crippen LogP contribution in [0, 0.1) is 6.92 Å². The highest BCUT2D eigenvalue weighted by molar-refractivity contribution is 7.85. The highest BCUT2D eigenvalue weighted by Gasteiger charge is 2.19. The molecule has 0 saturated carbocycles. The van der Waals surface area contributed by atoms with Crippen molar-refractivity contribution < 1.29 is 17.8 Å². The number of hydrogen-bond donors (Lipinski definition) is 2. The van der Waals surface area contributed by atoms with E-state index in [1.54, 1.807) is 16.3 Å². The molecule has 0 atom stereocenters. The van der Waals surface area contributed by atoms with E-state index in [0.29, 0.717) is 17.2 Å². The molecule has 0 spiro atoms. The molecule has 0 fully saturated rings. The Bertz CT molecular complexity index is 1640. The minimum Gasteiger partial charge on any atom is -0.321 e. The molecule has 3 aromatic heterocycles. The molecule has 0 aliphatic rings. The van der Waals surface area contributed by atoms with Crippen molar-refractivity contribution in [1.82, 2.24) is 19.7 Å². The molecule has 5 aromatic rings. The number of amides is 1. The third-order valence-corrected chi connectivity index (χ3v) is 6.73. The molecule has 3 heterocycles. The quantitative estimate of drug-likeness (QED) is 0.350. The molecule has 11 heteroatoms. The first kappa shape index (κ1) is 21.9. The van der Waals surface area contributed by atoms with Crippen LogP contribution in [0.5, 0.6) is 0 Å². The monoisotopic (exact) mass is 491 g/mol. The average molecular weight is 492 g/mol.